The lowest BCUT2D eigenvalue weighted by Crippen LogP contribution is -2.45. The minimum absolute atomic E-state index is 0.0842. The summed E-state index contributed by atoms with van der Waals surface area (Å²) < 4.78 is 5.35. The summed E-state index contributed by atoms with van der Waals surface area (Å²) >= 11 is 6.27. The smallest absolute Gasteiger partial charge is 0.224 e. The molecular weight excluding hydrogens is 338 g/mol. The van der Waals surface area contributed by atoms with Gasteiger partial charge < -0.3 is 10.1 Å². The topological polar surface area (TPSA) is 44.8 Å². The molecule has 1 N–H and O–H groups in total. The molecule has 2 saturated heterocycles. The molecule has 1 amide bonds. The minimum Gasteiger partial charge on any atom is -0.379 e. The largest absolute Gasteiger partial charge is 0.379 e. The number of ether oxygens (including phenoxy) is 1. The van der Waals surface area contributed by atoms with Gasteiger partial charge in [0.25, 0.3) is 0 Å². The van der Waals surface area contributed by atoms with Crippen molar-refractivity contribution < 1.29 is 9.53 Å². The Hall–Kier alpha value is -1.14. The summed E-state index contributed by atoms with van der Waals surface area (Å²) in [6.07, 6.45) is 2.04. The van der Waals surface area contributed by atoms with Crippen molar-refractivity contribution in [3.05, 3.63) is 34.9 Å². The number of hydrogen-bond donors (Lipinski definition) is 1. The fourth-order valence-electron chi connectivity index (χ4n) is 3.59. The first-order chi connectivity index (χ1) is 12.2. The van der Waals surface area contributed by atoms with Crippen molar-refractivity contribution in [1.29, 1.82) is 0 Å². The van der Waals surface area contributed by atoms with Gasteiger partial charge in [0.15, 0.2) is 0 Å². The van der Waals surface area contributed by atoms with E-state index in [-0.39, 0.29) is 11.8 Å². The van der Waals surface area contributed by atoms with E-state index in [9.17, 15) is 4.79 Å². The molecule has 2 fully saturated rings. The van der Waals surface area contributed by atoms with Gasteiger partial charge in [0.05, 0.1) is 19.1 Å². The SMILES string of the molecule is O=C(NCCN1CCOCC1)[C@H]1CCCN(Cc2ccccc2Cl)C1. The van der Waals surface area contributed by atoms with Gasteiger partial charge >= 0.3 is 0 Å². The second kappa shape index (κ2) is 9.53. The molecule has 1 aromatic carbocycles. The minimum atomic E-state index is 0.0842. The predicted molar refractivity (Wildman–Crippen MR) is 99.7 cm³/mol. The van der Waals surface area contributed by atoms with Crippen LogP contribution in [0.5, 0.6) is 0 Å². The van der Waals surface area contributed by atoms with Crippen LogP contribution in [0.2, 0.25) is 5.02 Å². The highest BCUT2D eigenvalue weighted by atomic mass is 35.5. The highest BCUT2D eigenvalue weighted by Crippen LogP contribution is 2.22. The maximum atomic E-state index is 12.5. The summed E-state index contributed by atoms with van der Waals surface area (Å²) in [5, 5.41) is 3.93. The monoisotopic (exact) mass is 365 g/mol. The van der Waals surface area contributed by atoms with Crippen molar-refractivity contribution in [2.75, 3.05) is 52.5 Å². The Morgan fingerprint density at radius 3 is 2.80 bits per heavy atom. The molecule has 0 aromatic heterocycles. The van der Waals surface area contributed by atoms with Crippen LogP contribution in [-0.4, -0.2) is 68.2 Å². The number of amides is 1. The number of halogens is 1. The van der Waals surface area contributed by atoms with Gasteiger partial charge in [-0.3, -0.25) is 14.6 Å². The van der Waals surface area contributed by atoms with Crippen molar-refractivity contribution in [1.82, 2.24) is 15.1 Å². The third-order valence-electron chi connectivity index (χ3n) is 5.06. The lowest BCUT2D eigenvalue weighted by molar-refractivity contribution is -0.126. The van der Waals surface area contributed by atoms with Crippen LogP contribution in [-0.2, 0) is 16.1 Å². The average molecular weight is 366 g/mol. The molecule has 0 saturated carbocycles. The number of carbonyl (C=O) groups is 1. The second-order valence-electron chi connectivity index (χ2n) is 6.91. The fourth-order valence-corrected chi connectivity index (χ4v) is 3.78. The molecule has 3 rings (SSSR count). The van der Waals surface area contributed by atoms with Crippen LogP contribution in [0.15, 0.2) is 24.3 Å². The van der Waals surface area contributed by atoms with E-state index in [1.165, 1.54) is 0 Å². The van der Waals surface area contributed by atoms with E-state index in [0.29, 0.717) is 0 Å². The molecule has 6 heteroatoms. The first kappa shape index (κ1) is 18.6. The van der Waals surface area contributed by atoms with Crippen molar-refractivity contribution in [2.24, 2.45) is 5.92 Å². The van der Waals surface area contributed by atoms with Gasteiger partial charge in [-0.2, -0.15) is 0 Å². The van der Waals surface area contributed by atoms with Gasteiger partial charge in [-0.05, 0) is 31.0 Å². The van der Waals surface area contributed by atoms with Crippen LogP contribution in [0.3, 0.4) is 0 Å². The molecule has 0 bridgehead atoms. The Balaban J connectivity index is 1.42. The number of piperidine rings is 1. The molecule has 5 nitrogen and oxygen atoms in total. The van der Waals surface area contributed by atoms with Crippen LogP contribution >= 0.6 is 11.6 Å². The summed E-state index contributed by atoms with van der Waals surface area (Å²) in [4.78, 5) is 17.2. The molecule has 2 heterocycles. The van der Waals surface area contributed by atoms with Gasteiger partial charge in [-0.15, -0.1) is 0 Å². The number of likely N-dealkylation sites (tertiary alicyclic amines) is 1. The third-order valence-corrected chi connectivity index (χ3v) is 5.43. The number of hydrogen-bond acceptors (Lipinski definition) is 4. The molecular formula is C19H28ClN3O2. The lowest BCUT2D eigenvalue weighted by atomic mass is 9.96. The zero-order valence-electron chi connectivity index (χ0n) is 14.8. The van der Waals surface area contributed by atoms with E-state index >= 15 is 0 Å². The van der Waals surface area contributed by atoms with Gasteiger partial charge in [-0.25, -0.2) is 0 Å². The van der Waals surface area contributed by atoms with E-state index in [1.807, 2.05) is 18.2 Å². The van der Waals surface area contributed by atoms with Crippen LogP contribution < -0.4 is 5.32 Å². The number of nitrogens with one attached hydrogen (secondary N) is 1. The summed E-state index contributed by atoms with van der Waals surface area (Å²) in [6, 6.07) is 7.96. The molecule has 0 aliphatic carbocycles. The predicted octanol–water partition coefficient (Wildman–Crippen LogP) is 2.00. The Morgan fingerprint density at radius 2 is 2.00 bits per heavy atom. The van der Waals surface area contributed by atoms with Gasteiger partial charge in [0.2, 0.25) is 5.91 Å². The van der Waals surface area contributed by atoms with Crippen molar-refractivity contribution in [2.45, 2.75) is 19.4 Å². The summed E-state index contributed by atoms with van der Waals surface area (Å²) in [6.45, 7) is 7.82. The summed E-state index contributed by atoms with van der Waals surface area (Å²) in [5.74, 6) is 0.276. The first-order valence-electron chi connectivity index (χ1n) is 9.26. The first-order valence-corrected chi connectivity index (χ1v) is 9.64. The highest BCUT2D eigenvalue weighted by molar-refractivity contribution is 6.31. The average Bonchev–Trinajstić information content (AvgIpc) is 2.65. The molecule has 2 aliphatic rings. The number of nitrogens with zero attached hydrogens (tertiary/aromatic N) is 2. The van der Waals surface area contributed by atoms with Crippen LogP contribution in [0.25, 0.3) is 0 Å². The van der Waals surface area contributed by atoms with Crippen LogP contribution in [0.4, 0.5) is 0 Å². The zero-order valence-corrected chi connectivity index (χ0v) is 15.5. The maximum absolute atomic E-state index is 12.5. The molecule has 0 unspecified atom stereocenters. The summed E-state index contributed by atoms with van der Waals surface area (Å²) in [5.41, 5.74) is 1.14. The summed E-state index contributed by atoms with van der Waals surface area (Å²) in [7, 11) is 0. The molecule has 0 spiro atoms. The molecule has 1 atom stereocenters. The van der Waals surface area contributed by atoms with Crippen molar-refractivity contribution in [3.63, 3.8) is 0 Å². The van der Waals surface area contributed by atoms with E-state index in [4.69, 9.17) is 16.3 Å². The molecule has 1 aromatic rings. The van der Waals surface area contributed by atoms with Gasteiger partial charge in [0.1, 0.15) is 0 Å². The van der Waals surface area contributed by atoms with Crippen molar-refractivity contribution in [3.8, 4) is 0 Å². The van der Waals surface area contributed by atoms with E-state index in [0.717, 1.165) is 82.5 Å². The molecule has 0 radical (unpaired) electrons. The Kier molecular flexibility index (Phi) is 7.11. The van der Waals surface area contributed by atoms with Crippen LogP contribution in [0.1, 0.15) is 18.4 Å². The Bertz CT molecular complexity index is 563. The van der Waals surface area contributed by atoms with E-state index in [2.05, 4.69) is 21.2 Å². The van der Waals surface area contributed by atoms with Crippen LogP contribution in [0, 0.1) is 5.92 Å². The maximum Gasteiger partial charge on any atom is 0.224 e. The molecule has 138 valence electrons. The van der Waals surface area contributed by atoms with Gasteiger partial charge in [-0.1, -0.05) is 29.8 Å². The third kappa shape index (κ3) is 5.68. The highest BCUT2D eigenvalue weighted by Gasteiger charge is 2.26. The standard InChI is InChI=1S/C19H28ClN3O2/c20-18-6-2-1-4-16(18)14-23-8-3-5-17(15-23)19(24)21-7-9-22-10-12-25-13-11-22/h1-2,4,6,17H,3,5,7-15H2,(H,21,24)/t17-/m0/s1. The number of benzene rings is 1. The Labute approximate surface area is 155 Å². The van der Waals surface area contributed by atoms with E-state index in [1.54, 1.807) is 0 Å². The molecule has 25 heavy (non-hydrogen) atoms. The van der Waals surface area contributed by atoms with E-state index < -0.39 is 0 Å². The quantitative estimate of drug-likeness (QED) is 0.837. The lowest BCUT2D eigenvalue weighted by Gasteiger charge is -2.32. The second-order valence-corrected chi connectivity index (χ2v) is 7.32. The van der Waals surface area contributed by atoms with Crippen molar-refractivity contribution >= 4 is 17.5 Å². The Morgan fingerprint density at radius 1 is 1.20 bits per heavy atom. The normalized spacial score (nSPS) is 22.7. The number of carbonyl (C=O) groups excluding carboxylic acids is 1. The molecule has 2 aliphatic heterocycles. The number of morpholine rings is 1. The zero-order chi connectivity index (χ0) is 17.5. The van der Waals surface area contributed by atoms with Gasteiger partial charge in [0, 0.05) is 44.3 Å². The fraction of sp³-hybridized carbons (Fsp3) is 0.632. The number of rotatable bonds is 6.